The van der Waals surface area contributed by atoms with Gasteiger partial charge in [0.15, 0.2) is 0 Å². The van der Waals surface area contributed by atoms with E-state index in [9.17, 15) is 13.2 Å². The summed E-state index contributed by atoms with van der Waals surface area (Å²) in [5, 5.41) is 4.37. The molecule has 0 bridgehead atoms. The first-order chi connectivity index (χ1) is 9.39. The van der Waals surface area contributed by atoms with Gasteiger partial charge in [0.2, 0.25) is 0 Å². The zero-order chi connectivity index (χ0) is 15.2. The van der Waals surface area contributed by atoms with Gasteiger partial charge in [-0.25, -0.2) is 0 Å². The summed E-state index contributed by atoms with van der Waals surface area (Å²) in [6.45, 7) is 3.54. The van der Waals surface area contributed by atoms with Crippen LogP contribution < -0.4 is 0 Å². The van der Waals surface area contributed by atoms with Gasteiger partial charge in [-0.15, -0.1) is 11.6 Å². The molecule has 1 rings (SSSR count). The molecule has 3 nitrogen and oxygen atoms in total. The average Bonchev–Trinajstić information content (AvgIpc) is 2.77. The number of aromatic nitrogens is 2. The SMILES string of the molecule is CCC(CC)n1ccc(CN(CCCl)CC(F)(F)F)n1. The van der Waals surface area contributed by atoms with E-state index in [1.165, 1.54) is 4.90 Å². The van der Waals surface area contributed by atoms with Gasteiger partial charge in [-0.05, 0) is 18.9 Å². The van der Waals surface area contributed by atoms with E-state index in [2.05, 4.69) is 18.9 Å². The first kappa shape index (κ1) is 17.3. The summed E-state index contributed by atoms with van der Waals surface area (Å²) in [7, 11) is 0. The third-order valence-electron chi connectivity index (χ3n) is 3.17. The van der Waals surface area contributed by atoms with E-state index in [-0.39, 0.29) is 19.0 Å². The molecule has 0 aliphatic heterocycles. The zero-order valence-electron chi connectivity index (χ0n) is 11.8. The van der Waals surface area contributed by atoms with Crippen LogP contribution in [0.2, 0.25) is 0 Å². The standard InChI is InChI=1S/C13H21ClF3N3/c1-3-12(4-2)20-7-5-11(18-20)9-19(8-6-14)10-13(15,16)17/h5,7,12H,3-4,6,8-10H2,1-2H3. The fourth-order valence-corrected chi connectivity index (χ4v) is 2.38. The van der Waals surface area contributed by atoms with Gasteiger partial charge in [-0.1, -0.05) is 13.8 Å². The number of rotatable bonds is 8. The van der Waals surface area contributed by atoms with Crippen molar-refractivity contribution in [1.29, 1.82) is 0 Å². The van der Waals surface area contributed by atoms with Gasteiger partial charge in [0.25, 0.3) is 0 Å². The maximum atomic E-state index is 12.5. The number of hydrogen-bond acceptors (Lipinski definition) is 2. The molecule has 0 saturated carbocycles. The summed E-state index contributed by atoms with van der Waals surface area (Å²) >= 11 is 5.56. The lowest BCUT2D eigenvalue weighted by molar-refractivity contribution is -0.146. The molecule has 7 heteroatoms. The van der Waals surface area contributed by atoms with Crippen molar-refractivity contribution in [3.05, 3.63) is 18.0 Å². The van der Waals surface area contributed by atoms with Crippen molar-refractivity contribution in [3.8, 4) is 0 Å². The van der Waals surface area contributed by atoms with Gasteiger partial charge in [-0.3, -0.25) is 9.58 Å². The highest BCUT2D eigenvalue weighted by Gasteiger charge is 2.30. The fraction of sp³-hybridized carbons (Fsp3) is 0.769. The summed E-state index contributed by atoms with van der Waals surface area (Å²) in [5.74, 6) is 0.170. The number of nitrogens with zero attached hydrogens (tertiary/aromatic N) is 3. The van der Waals surface area contributed by atoms with Gasteiger partial charge < -0.3 is 0 Å². The first-order valence-electron chi connectivity index (χ1n) is 6.78. The van der Waals surface area contributed by atoms with Crippen LogP contribution in [-0.4, -0.2) is 39.8 Å². The highest BCUT2D eigenvalue weighted by atomic mass is 35.5. The molecule has 0 N–H and O–H groups in total. The maximum absolute atomic E-state index is 12.5. The Labute approximate surface area is 122 Å². The summed E-state index contributed by atoms with van der Waals surface area (Å²) in [4.78, 5) is 1.27. The van der Waals surface area contributed by atoms with Crippen LogP contribution in [-0.2, 0) is 6.54 Å². The Balaban J connectivity index is 2.69. The summed E-state index contributed by atoms with van der Waals surface area (Å²) in [6, 6.07) is 2.07. The molecule has 1 heterocycles. The van der Waals surface area contributed by atoms with Crippen LogP contribution in [0.25, 0.3) is 0 Å². The molecule has 0 aliphatic rings. The Kier molecular flexibility index (Phi) is 6.82. The largest absolute Gasteiger partial charge is 0.401 e. The third kappa shape index (κ3) is 5.71. The quantitative estimate of drug-likeness (QED) is 0.680. The van der Waals surface area contributed by atoms with Crippen LogP contribution in [0.1, 0.15) is 38.4 Å². The van der Waals surface area contributed by atoms with E-state index in [1.54, 1.807) is 6.07 Å². The molecule has 0 unspecified atom stereocenters. The minimum atomic E-state index is -4.22. The molecule has 0 fully saturated rings. The van der Waals surface area contributed by atoms with Gasteiger partial charge in [0, 0.05) is 25.2 Å². The van der Waals surface area contributed by atoms with Crippen molar-refractivity contribution in [3.63, 3.8) is 0 Å². The molecule has 116 valence electrons. The second kappa shape index (κ2) is 7.88. The topological polar surface area (TPSA) is 21.1 Å². The highest BCUT2D eigenvalue weighted by molar-refractivity contribution is 6.18. The molecular formula is C13H21ClF3N3. The molecule has 0 spiro atoms. The van der Waals surface area contributed by atoms with E-state index in [4.69, 9.17) is 11.6 Å². The zero-order valence-corrected chi connectivity index (χ0v) is 12.6. The molecular weight excluding hydrogens is 291 g/mol. The molecule has 1 aromatic rings. The highest BCUT2D eigenvalue weighted by Crippen LogP contribution is 2.19. The maximum Gasteiger partial charge on any atom is 0.401 e. The van der Waals surface area contributed by atoms with Crippen molar-refractivity contribution in [1.82, 2.24) is 14.7 Å². The van der Waals surface area contributed by atoms with Crippen LogP contribution in [0.15, 0.2) is 12.3 Å². The molecule has 0 radical (unpaired) electrons. The minimum Gasteiger partial charge on any atom is -0.288 e. The van der Waals surface area contributed by atoms with Crippen molar-refractivity contribution >= 4 is 11.6 Å². The lowest BCUT2D eigenvalue weighted by Crippen LogP contribution is -2.35. The predicted octanol–water partition coefficient (Wildman–Crippen LogP) is 3.85. The van der Waals surface area contributed by atoms with Crippen LogP contribution in [0.5, 0.6) is 0 Å². The Morgan fingerprint density at radius 3 is 2.50 bits per heavy atom. The Morgan fingerprint density at radius 1 is 1.35 bits per heavy atom. The normalized spacial score (nSPS) is 12.6. The molecule has 0 saturated heterocycles. The first-order valence-corrected chi connectivity index (χ1v) is 7.32. The molecule has 1 aromatic heterocycles. The van der Waals surface area contributed by atoms with Gasteiger partial charge in [0.05, 0.1) is 18.3 Å². The smallest absolute Gasteiger partial charge is 0.288 e. The van der Waals surface area contributed by atoms with E-state index in [0.29, 0.717) is 11.7 Å². The van der Waals surface area contributed by atoms with Crippen molar-refractivity contribution < 1.29 is 13.2 Å². The molecule has 0 amide bonds. The lowest BCUT2D eigenvalue weighted by Gasteiger charge is -2.21. The Bertz CT molecular complexity index is 388. The van der Waals surface area contributed by atoms with Gasteiger partial charge in [-0.2, -0.15) is 18.3 Å². The van der Waals surface area contributed by atoms with Crippen molar-refractivity contribution in [2.75, 3.05) is 19.0 Å². The van der Waals surface area contributed by atoms with E-state index in [1.807, 2.05) is 10.9 Å². The Hall–Kier alpha value is -0.750. The predicted molar refractivity (Wildman–Crippen MR) is 73.9 cm³/mol. The van der Waals surface area contributed by atoms with Gasteiger partial charge >= 0.3 is 6.18 Å². The number of halogens is 4. The third-order valence-corrected chi connectivity index (χ3v) is 3.34. The number of hydrogen-bond donors (Lipinski definition) is 0. The summed E-state index contributed by atoms with van der Waals surface area (Å²) in [6.07, 6.45) is -0.486. The van der Waals surface area contributed by atoms with Crippen LogP contribution in [0, 0.1) is 0 Å². The molecule has 20 heavy (non-hydrogen) atoms. The average molecular weight is 312 g/mol. The minimum absolute atomic E-state index is 0.166. The number of alkyl halides is 4. The van der Waals surface area contributed by atoms with Crippen molar-refractivity contribution in [2.45, 2.75) is 45.5 Å². The lowest BCUT2D eigenvalue weighted by atomic mass is 10.2. The summed E-state index contributed by atoms with van der Waals surface area (Å²) < 4.78 is 39.2. The molecule has 0 atom stereocenters. The fourth-order valence-electron chi connectivity index (χ4n) is 2.14. The van der Waals surface area contributed by atoms with Crippen LogP contribution >= 0.6 is 11.6 Å². The second-order valence-corrected chi connectivity index (χ2v) is 5.15. The second-order valence-electron chi connectivity index (χ2n) is 4.77. The van der Waals surface area contributed by atoms with Crippen LogP contribution in [0.3, 0.4) is 0 Å². The van der Waals surface area contributed by atoms with Gasteiger partial charge in [0.1, 0.15) is 0 Å². The van der Waals surface area contributed by atoms with E-state index < -0.39 is 12.7 Å². The monoisotopic (exact) mass is 311 g/mol. The molecule has 0 aromatic carbocycles. The molecule has 0 aliphatic carbocycles. The van der Waals surface area contributed by atoms with Crippen LogP contribution in [0.4, 0.5) is 13.2 Å². The summed E-state index contributed by atoms with van der Waals surface area (Å²) in [5.41, 5.74) is 0.645. The van der Waals surface area contributed by atoms with E-state index >= 15 is 0 Å². The van der Waals surface area contributed by atoms with Crippen molar-refractivity contribution in [2.24, 2.45) is 0 Å². The van der Waals surface area contributed by atoms with E-state index in [0.717, 1.165) is 12.8 Å². The Morgan fingerprint density at radius 2 is 2.00 bits per heavy atom.